The van der Waals surface area contributed by atoms with Crippen LogP contribution in [0.1, 0.15) is 0 Å². The second kappa shape index (κ2) is 4.22. The molecule has 0 radical (unpaired) electrons. The summed E-state index contributed by atoms with van der Waals surface area (Å²) in [5, 5.41) is 1.40. The summed E-state index contributed by atoms with van der Waals surface area (Å²) >= 11 is 19.5. The van der Waals surface area contributed by atoms with E-state index < -0.39 is 0 Å². The van der Waals surface area contributed by atoms with Crippen molar-refractivity contribution in [1.29, 1.82) is 0 Å². The largest absolute Gasteiger partial charge is 0.495 e. The van der Waals surface area contributed by atoms with E-state index in [4.69, 9.17) is 39.5 Å². The zero-order valence-electron chi connectivity index (χ0n) is 6.00. The van der Waals surface area contributed by atoms with E-state index in [1.807, 2.05) is 22.6 Å². The molecule has 12 heavy (non-hydrogen) atoms. The molecule has 0 atom stereocenters. The maximum absolute atomic E-state index is 5.90. The Labute approximate surface area is 99.1 Å². The first-order valence-electron chi connectivity index (χ1n) is 2.95. The number of hydrogen-bond donors (Lipinski definition) is 0. The van der Waals surface area contributed by atoms with Crippen LogP contribution in [0.2, 0.25) is 15.1 Å². The molecule has 0 unspecified atom stereocenters. The molecule has 0 spiro atoms. The number of rotatable bonds is 1. The quantitative estimate of drug-likeness (QED) is 0.423. The van der Waals surface area contributed by atoms with Crippen LogP contribution in [0.4, 0.5) is 0 Å². The van der Waals surface area contributed by atoms with Gasteiger partial charge < -0.3 is 4.74 Å². The van der Waals surface area contributed by atoms with E-state index in [1.54, 1.807) is 6.07 Å². The van der Waals surface area contributed by atoms with Gasteiger partial charge in [0.2, 0.25) is 0 Å². The van der Waals surface area contributed by atoms with Gasteiger partial charge in [-0.1, -0.05) is 34.8 Å². The van der Waals surface area contributed by atoms with Gasteiger partial charge in [0, 0.05) is 6.07 Å². The maximum atomic E-state index is 5.90. The van der Waals surface area contributed by atoms with Crippen molar-refractivity contribution in [3.05, 3.63) is 24.7 Å². The Kier molecular flexibility index (Phi) is 3.76. The fourth-order valence-corrected chi connectivity index (χ4v) is 2.03. The third kappa shape index (κ3) is 1.92. The van der Waals surface area contributed by atoms with E-state index in [0.29, 0.717) is 24.4 Å². The molecule has 0 bridgehead atoms. The number of ether oxygens (including phenoxy) is 1. The van der Waals surface area contributed by atoms with Crippen molar-refractivity contribution in [2.24, 2.45) is 0 Å². The SMILES string of the molecule is COc1cc(Cl)c(Cl)c(I)c1Cl. The first-order chi connectivity index (χ1) is 5.57. The zero-order valence-corrected chi connectivity index (χ0v) is 10.4. The first-order valence-corrected chi connectivity index (χ1v) is 5.16. The molecule has 1 nitrogen and oxygen atoms in total. The van der Waals surface area contributed by atoms with Gasteiger partial charge in [0.15, 0.2) is 0 Å². The van der Waals surface area contributed by atoms with Crippen molar-refractivity contribution >= 4 is 57.4 Å². The summed E-state index contributed by atoms with van der Waals surface area (Å²) < 4.78 is 5.69. The highest BCUT2D eigenvalue weighted by molar-refractivity contribution is 14.1. The molecule has 0 aliphatic carbocycles. The van der Waals surface area contributed by atoms with E-state index in [0.717, 1.165) is 0 Å². The standard InChI is InChI=1S/C7H4Cl3IO/c1-12-4-2-3(8)5(9)7(11)6(4)10/h2H,1H3. The molecule has 1 aromatic carbocycles. The number of methoxy groups -OCH3 is 1. The second-order valence-electron chi connectivity index (χ2n) is 2.00. The highest BCUT2D eigenvalue weighted by Crippen LogP contribution is 2.39. The highest BCUT2D eigenvalue weighted by Gasteiger charge is 2.12. The average molecular weight is 337 g/mol. The van der Waals surface area contributed by atoms with Crippen LogP contribution in [0.25, 0.3) is 0 Å². The molecule has 0 fully saturated rings. The molecule has 1 rings (SSSR count). The summed E-state index contributed by atoms with van der Waals surface area (Å²) in [5.74, 6) is 0.537. The lowest BCUT2D eigenvalue weighted by atomic mass is 10.3. The monoisotopic (exact) mass is 336 g/mol. The van der Waals surface area contributed by atoms with Crippen LogP contribution < -0.4 is 4.74 Å². The van der Waals surface area contributed by atoms with Crippen LogP contribution >= 0.6 is 57.4 Å². The molecule has 0 aromatic heterocycles. The summed E-state index contributed by atoms with van der Waals surface area (Å²) in [5.41, 5.74) is 0. The topological polar surface area (TPSA) is 9.23 Å². The number of halogens is 4. The fourth-order valence-electron chi connectivity index (χ4n) is 0.700. The summed E-state index contributed by atoms with van der Waals surface area (Å²) in [6.07, 6.45) is 0. The van der Waals surface area contributed by atoms with Gasteiger partial charge in [-0.3, -0.25) is 0 Å². The van der Waals surface area contributed by atoms with E-state index >= 15 is 0 Å². The van der Waals surface area contributed by atoms with Crippen molar-refractivity contribution in [3.8, 4) is 5.75 Å². The van der Waals surface area contributed by atoms with Crippen molar-refractivity contribution in [2.45, 2.75) is 0 Å². The van der Waals surface area contributed by atoms with Crippen molar-refractivity contribution in [2.75, 3.05) is 7.11 Å². The lowest BCUT2D eigenvalue weighted by Gasteiger charge is -2.07. The molecule has 5 heteroatoms. The van der Waals surface area contributed by atoms with E-state index in [2.05, 4.69) is 0 Å². The fraction of sp³-hybridized carbons (Fsp3) is 0.143. The molecule has 0 N–H and O–H groups in total. The molecule has 0 amide bonds. The third-order valence-corrected chi connectivity index (χ3v) is 4.17. The van der Waals surface area contributed by atoms with Crippen molar-refractivity contribution < 1.29 is 4.74 Å². The lowest BCUT2D eigenvalue weighted by molar-refractivity contribution is 0.415. The minimum atomic E-state index is 0.447. The molecule has 1 aromatic rings. The lowest BCUT2D eigenvalue weighted by Crippen LogP contribution is -1.87. The molecule has 0 aliphatic heterocycles. The molecular weight excluding hydrogens is 333 g/mol. The van der Waals surface area contributed by atoms with Gasteiger partial charge in [-0.25, -0.2) is 0 Å². The van der Waals surface area contributed by atoms with E-state index in [-0.39, 0.29) is 0 Å². The van der Waals surface area contributed by atoms with Crippen LogP contribution in [-0.4, -0.2) is 7.11 Å². The van der Waals surface area contributed by atoms with Gasteiger partial charge in [-0.05, 0) is 22.6 Å². The van der Waals surface area contributed by atoms with Gasteiger partial charge in [-0.15, -0.1) is 0 Å². The van der Waals surface area contributed by atoms with E-state index in [1.165, 1.54) is 7.11 Å². The van der Waals surface area contributed by atoms with Crippen molar-refractivity contribution in [3.63, 3.8) is 0 Å². The van der Waals surface area contributed by atoms with Gasteiger partial charge in [-0.2, -0.15) is 0 Å². The Bertz CT molecular complexity index is 314. The second-order valence-corrected chi connectivity index (χ2v) is 4.24. The Balaban J connectivity index is 3.39. The third-order valence-electron chi connectivity index (χ3n) is 1.29. The van der Waals surface area contributed by atoms with Crippen LogP contribution in [0.3, 0.4) is 0 Å². The predicted molar refractivity (Wildman–Crippen MR) is 60.7 cm³/mol. The molecule has 0 saturated heterocycles. The van der Waals surface area contributed by atoms with Crippen molar-refractivity contribution in [1.82, 2.24) is 0 Å². The van der Waals surface area contributed by atoms with Gasteiger partial charge >= 0.3 is 0 Å². The smallest absolute Gasteiger partial charge is 0.140 e. The maximum Gasteiger partial charge on any atom is 0.140 e. The number of hydrogen-bond acceptors (Lipinski definition) is 1. The van der Waals surface area contributed by atoms with Crippen LogP contribution in [-0.2, 0) is 0 Å². The number of benzene rings is 1. The van der Waals surface area contributed by atoms with Crippen LogP contribution in [0.5, 0.6) is 5.75 Å². The van der Waals surface area contributed by atoms with Crippen LogP contribution in [0.15, 0.2) is 6.07 Å². The Morgan fingerprint density at radius 1 is 1.25 bits per heavy atom. The minimum absolute atomic E-state index is 0.447. The summed E-state index contributed by atoms with van der Waals surface area (Å²) in [6.45, 7) is 0. The van der Waals surface area contributed by atoms with Gasteiger partial charge in [0.25, 0.3) is 0 Å². The molecule has 0 aliphatic rings. The zero-order chi connectivity index (χ0) is 9.30. The molecular formula is C7H4Cl3IO. The van der Waals surface area contributed by atoms with Crippen LogP contribution in [0, 0.1) is 3.57 Å². The Hall–Kier alpha value is 0.620. The van der Waals surface area contributed by atoms with Gasteiger partial charge in [0.1, 0.15) is 5.75 Å². The summed E-state index contributed by atoms with van der Waals surface area (Å²) in [7, 11) is 1.53. The minimum Gasteiger partial charge on any atom is -0.495 e. The average Bonchev–Trinajstić information content (AvgIpc) is 2.08. The normalized spacial score (nSPS) is 10.1. The first kappa shape index (κ1) is 10.7. The molecule has 66 valence electrons. The Morgan fingerprint density at radius 2 is 1.83 bits per heavy atom. The predicted octanol–water partition coefficient (Wildman–Crippen LogP) is 4.26. The Morgan fingerprint density at radius 3 is 2.33 bits per heavy atom. The van der Waals surface area contributed by atoms with E-state index in [9.17, 15) is 0 Å². The highest BCUT2D eigenvalue weighted by atomic mass is 127. The summed E-state index contributed by atoms with van der Waals surface area (Å²) in [6, 6.07) is 1.59. The summed E-state index contributed by atoms with van der Waals surface area (Å²) in [4.78, 5) is 0. The van der Waals surface area contributed by atoms with Gasteiger partial charge in [0.05, 0.1) is 25.7 Å². The molecule has 0 heterocycles. The molecule has 0 saturated carbocycles.